The highest BCUT2D eigenvalue weighted by Crippen LogP contribution is 2.37. The van der Waals surface area contributed by atoms with Gasteiger partial charge in [0.2, 0.25) is 0 Å². The van der Waals surface area contributed by atoms with Crippen LogP contribution >= 0.6 is 22.6 Å². The van der Waals surface area contributed by atoms with Crippen molar-refractivity contribution in [3.8, 4) is 0 Å². The summed E-state index contributed by atoms with van der Waals surface area (Å²) in [6.07, 6.45) is 6.13. The van der Waals surface area contributed by atoms with E-state index in [0.29, 0.717) is 11.8 Å². The number of hydrogen-bond acceptors (Lipinski definition) is 0. The standard InChI is InChI=1S/C14H15F2I/c1-2-9-3-5-10(6-4-9)11-7-12(15)14(17)13(16)8-11/h2,7-10H,1,3-6H2. The van der Waals surface area contributed by atoms with E-state index in [1.165, 1.54) is 12.1 Å². The molecule has 2 rings (SSSR count). The van der Waals surface area contributed by atoms with E-state index in [4.69, 9.17) is 0 Å². The van der Waals surface area contributed by atoms with Crippen LogP contribution in [0.4, 0.5) is 8.78 Å². The van der Waals surface area contributed by atoms with Gasteiger partial charge < -0.3 is 0 Å². The van der Waals surface area contributed by atoms with E-state index in [2.05, 4.69) is 6.58 Å². The molecule has 0 spiro atoms. The molecule has 1 aliphatic rings. The Morgan fingerprint density at radius 3 is 2.12 bits per heavy atom. The Bertz CT molecular complexity index is 397. The highest BCUT2D eigenvalue weighted by Gasteiger charge is 2.22. The lowest BCUT2D eigenvalue weighted by Crippen LogP contribution is -2.12. The van der Waals surface area contributed by atoms with Crippen molar-refractivity contribution in [1.29, 1.82) is 0 Å². The fourth-order valence-corrected chi connectivity index (χ4v) is 2.81. The average molecular weight is 348 g/mol. The zero-order chi connectivity index (χ0) is 12.4. The summed E-state index contributed by atoms with van der Waals surface area (Å²) >= 11 is 1.70. The fourth-order valence-electron chi connectivity index (χ4n) is 2.50. The molecular formula is C14H15F2I. The third-order valence-corrected chi connectivity index (χ3v) is 4.61. The van der Waals surface area contributed by atoms with E-state index < -0.39 is 11.6 Å². The van der Waals surface area contributed by atoms with Crippen LogP contribution in [0, 0.1) is 21.1 Å². The molecule has 1 fully saturated rings. The van der Waals surface area contributed by atoms with Gasteiger partial charge in [-0.15, -0.1) is 6.58 Å². The largest absolute Gasteiger partial charge is 0.206 e. The van der Waals surface area contributed by atoms with Crippen molar-refractivity contribution < 1.29 is 8.78 Å². The minimum atomic E-state index is -0.438. The van der Waals surface area contributed by atoms with Gasteiger partial charge >= 0.3 is 0 Å². The monoisotopic (exact) mass is 348 g/mol. The lowest BCUT2D eigenvalue weighted by molar-refractivity contribution is 0.374. The van der Waals surface area contributed by atoms with Crippen molar-refractivity contribution in [1.82, 2.24) is 0 Å². The second kappa shape index (κ2) is 5.46. The predicted octanol–water partition coefficient (Wildman–Crippen LogP) is 5.03. The second-order valence-electron chi connectivity index (χ2n) is 4.65. The van der Waals surface area contributed by atoms with Gasteiger partial charge in [0.1, 0.15) is 11.6 Å². The Hall–Kier alpha value is -0.450. The second-order valence-corrected chi connectivity index (χ2v) is 5.72. The first-order valence-corrected chi connectivity index (χ1v) is 6.96. The summed E-state index contributed by atoms with van der Waals surface area (Å²) < 4.78 is 27.0. The van der Waals surface area contributed by atoms with Crippen molar-refractivity contribution in [2.45, 2.75) is 31.6 Å². The summed E-state index contributed by atoms with van der Waals surface area (Å²) in [6.45, 7) is 3.80. The molecule has 3 heteroatoms. The van der Waals surface area contributed by atoms with Gasteiger partial charge in [0.25, 0.3) is 0 Å². The topological polar surface area (TPSA) is 0 Å². The van der Waals surface area contributed by atoms with Crippen LogP contribution in [-0.2, 0) is 0 Å². The van der Waals surface area contributed by atoms with Crippen LogP contribution in [-0.4, -0.2) is 0 Å². The van der Waals surface area contributed by atoms with Gasteiger partial charge in [-0.05, 0) is 77.8 Å². The minimum absolute atomic E-state index is 0.0890. The molecule has 92 valence electrons. The van der Waals surface area contributed by atoms with Gasteiger partial charge in [-0.3, -0.25) is 0 Å². The Kier molecular flexibility index (Phi) is 4.17. The molecule has 0 N–H and O–H groups in total. The van der Waals surface area contributed by atoms with Crippen LogP contribution in [0.5, 0.6) is 0 Å². The maximum atomic E-state index is 13.5. The number of allylic oxidation sites excluding steroid dienone is 1. The minimum Gasteiger partial charge on any atom is -0.206 e. The van der Waals surface area contributed by atoms with Crippen LogP contribution < -0.4 is 0 Å². The highest BCUT2D eigenvalue weighted by atomic mass is 127. The smallest absolute Gasteiger partial charge is 0.139 e. The van der Waals surface area contributed by atoms with Gasteiger partial charge in [0, 0.05) is 0 Å². The van der Waals surface area contributed by atoms with Crippen molar-refractivity contribution >= 4 is 22.6 Å². The lowest BCUT2D eigenvalue weighted by atomic mass is 9.79. The third kappa shape index (κ3) is 2.87. The number of benzene rings is 1. The molecule has 17 heavy (non-hydrogen) atoms. The van der Waals surface area contributed by atoms with E-state index in [1.54, 1.807) is 22.6 Å². The first-order valence-electron chi connectivity index (χ1n) is 5.88. The van der Waals surface area contributed by atoms with E-state index in [-0.39, 0.29) is 3.57 Å². The van der Waals surface area contributed by atoms with Crippen molar-refractivity contribution in [2.24, 2.45) is 5.92 Å². The number of hydrogen-bond donors (Lipinski definition) is 0. The zero-order valence-corrected chi connectivity index (χ0v) is 11.7. The quantitative estimate of drug-likeness (QED) is 0.400. The molecule has 1 aromatic carbocycles. The summed E-state index contributed by atoms with van der Waals surface area (Å²) in [5.74, 6) is -0.00474. The molecular weight excluding hydrogens is 333 g/mol. The van der Waals surface area contributed by atoms with E-state index in [9.17, 15) is 8.78 Å². The molecule has 0 aromatic heterocycles. The average Bonchev–Trinajstić information content (AvgIpc) is 2.35. The van der Waals surface area contributed by atoms with Crippen LogP contribution in [0.3, 0.4) is 0 Å². The summed E-state index contributed by atoms with van der Waals surface area (Å²) in [5.41, 5.74) is 0.808. The first kappa shape index (κ1) is 13.0. The Balaban J connectivity index is 2.16. The Morgan fingerprint density at radius 2 is 1.65 bits per heavy atom. The molecule has 0 bridgehead atoms. The molecule has 0 radical (unpaired) electrons. The normalized spacial score (nSPS) is 24.6. The SMILES string of the molecule is C=CC1CCC(c2cc(F)c(I)c(F)c2)CC1. The van der Waals surface area contributed by atoms with E-state index in [0.717, 1.165) is 31.2 Å². The van der Waals surface area contributed by atoms with Crippen molar-refractivity contribution in [3.63, 3.8) is 0 Å². The van der Waals surface area contributed by atoms with Crippen molar-refractivity contribution in [3.05, 3.63) is 45.6 Å². The van der Waals surface area contributed by atoms with Gasteiger partial charge in [0.15, 0.2) is 0 Å². The molecule has 1 saturated carbocycles. The zero-order valence-electron chi connectivity index (χ0n) is 9.56. The number of rotatable bonds is 2. The maximum absolute atomic E-state index is 13.5. The number of halogens is 3. The van der Waals surface area contributed by atoms with E-state index in [1.807, 2.05) is 6.08 Å². The van der Waals surface area contributed by atoms with Crippen molar-refractivity contribution in [2.75, 3.05) is 0 Å². The highest BCUT2D eigenvalue weighted by molar-refractivity contribution is 14.1. The fraction of sp³-hybridized carbons (Fsp3) is 0.429. The van der Waals surface area contributed by atoms with Gasteiger partial charge in [0.05, 0.1) is 3.57 Å². The van der Waals surface area contributed by atoms with E-state index >= 15 is 0 Å². The summed E-state index contributed by atoms with van der Waals surface area (Å²) in [7, 11) is 0. The van der Waals surface area contributed by atoms with Gasteiger partial charge in [-0.2, -0.15) is 0 Å². The molecule has 0 heterocycles. The molecule has 0 atom stereocenters. The van der Waals surface area contributed by atoms with Crippen LogP contribution in [0.25, 0.3) is 0 Å². The third-order valence-electron chi connectivity index (χ3n) is 3.58. The lowest BCUT2D eigenvalue weighted by Gasteiger charge is -2.27. The first-order chi connectivity index (χ1) is 8.11. The van der Waals surface area contributed by atoms with Crippen LogP contribution in [0.1, 0.15) is 37.2 Å². The summed E-state index contributed by atoms with van der Waals surface area (Å²) in [5, 5.41) is 0. The maximum Gasteiger partial charge on any atom is 0.139 e. The molecule has 1 aliphatic carbocycles. The predicted molar refractivity (Wildman–Crippen MR) is 74.0 cm³/mol. The van der Waals surface area contributed by atoms with Gasteiger partial charge in [-0.1, -0.05) is 6.08 Å². The Labute approximate surface area is 114 Å². The molecule has 0 unspecified atom stereocenters. The van der Waals surface area contributed by atoms with Crippen LogP contribution in [0.2, 0.25) is 0 Å². The molecule has 0 aliphatic heterocycles. The van der Waals surface area contributed by atoms with Crippen LogP contribution in [0.15, 0.2) is 24.8 Å². The molecule has 0 amide bonds. The Morgan fingerprint density at radius 1 is 1.12 bits per heavy atom. The molecule has 1 aromatic rings. The molecule has 0 nitrogen and oxygen atoms in total. The summed E-state index contributed by atoms with van der Waals surface area (Å²) in [6, 6.07) is 2.98. The summed E-state index contributed by atoms with van der Waals surface area (Å²) in [4.78, 5) is 0. The molecule has 0 saturated heterocycles. The van der Waals surface area contributed by atoms with Gasteiger partial charge in [-0.25, -0.2) is 8.78 Å².